The molecule has 19 heavy (non-hydrogen) atoms. The molecule has 1 aliphatic carbocycles. The maximum absolute atomic E-state index is 4.20. The number of hydrogen-bond acceptors (Lipinski definition) is 3. The number of hydrogen-bond donors (Lipinski definition) is 1. The number of rotatable bonds is 4. The van der Waals surface area contributed by atoms with Crippen LogP contribution in [-0.4, -0.2) is 20.6 Å². The van der Waals surface area contributed by atoms with E-state index >= 15 is 0 Å². The Hall–Kier alpha value is -1.68. The molecule has 0 radical (unpaired) electrons. The topological polar surface area (TPSA) is 42.7 Å². The molecule has 3 rings (SSSR count). The Labute approximate surface area is 113 Å². The zero-order valence-corrected chi connectivity index (χ0v) is 11.3. The molecule has 0 amide bonds. The predicted molar refractivity (Wildman–Crippen MR) is 74.7 cm³/mol. The average molecular weight is 256 g/mol. The fourth-order valence-electron chi connectivity index (χ4n) is 2.92. The van der Waals surface area contributed by atoms with Gasteiger partial charge in [-0.2, -0.15) is 0 Å². The van der Waals surface area contributed by atoms with Crippen molar-refractivity contribution in [2.24, 2.45) is 0 Å². The highest BCUT2D eigenvalue weighted by Gasteiger charge is 2.27. The van der Waals surface area contributed by atoms with Crippen molar-refractivity contribution in [2.45, 2.75) is 44.8 Å². The van der Waals surface area contributed by atoms with E-state index in [-0.39, 0.29) is 0 Å². The van der Waals surface area contributed by atoms with Gasteiger partial charge in [-0.1, -0.05) is 0 Å². The van der Waals surface area contributed by atoms with Crippen molar-refractivity contribution in [3.8, 4) is 0 Å². The molecule has 100 valence electrons. The van der Waals surface area contributed by atoms with Crippen LogP contribution in [-0.2, 0) is 6.54 Å². The van der Waals surface area contributed by atoms with Gasteiger partial charge in [0.25, 0.3) is 0 Å². The zero-order valence-electron chi connectivity index (χ0n) is 11.3. The number of aryl methyl sites for hydroxylation is 1. The summed E-state index contributed by atoms with van der Waals surface area (Å²) in [4.78, 5) is 8.36. The number of pyridine rings is 1. The van der Waals surface area contributed by atoms with E-state index in [0.717, 1.165) is 6.54 Å². The number of nitrogens with one attached hydrogen (secondary N) is 1. The lowest BCUT2D eigenvalue weighted by atomic mass is 10.1. The molecule has 2 heterocycles. The van der Waals surface area contributed by atoms with Crippen molar-refractivity contribution in [1.82, 2.24) is 19.9 Å². The number of aromatic nitrogens is 3. The van der Waals surface area contributed by atoms with Gasteiger partial charge in [-0.15, -0.1) is 0 Å². The van der Waals surface area contributed by atoms with Gasteiger partial charge in [-0.3, -0.25) is 4.98 Å². The molecule has 0 bridgehead atoms. The fourth-order valence-corrected chi connectivity index (χ4v) is 2.92. The van der Waals surface area contributed by atoms with Crippen molar-refractivity contribution in [1.29, 1.82) is 0 Å². The van der Waals surface area contributed by atoms with Crippen molar-refractivity contribution in [3.63, 3.8) is 0 Å². The quantitative estimate of drug-likeness (QED) is 0.913. The van der Waals surface area contributed by atoms with Gasteiger partial charge in [0.1, 0.15) is 0 Å². The fraction of sp³-hybridized carbons (Fsp3) is 0.467. The summed E-state index contributed by atoms with van der Waals surface area (Å²) in [6.45, 7) is 3.04. The Morgan fingerprint density at radius 1 is 1.32 bits per heavy atom. The lowest BCUT2D eigenvalue weighted by molar-refractivity contribution is 0.390. The predicted octanol–water partition coefficient (Wildman–Crippen LogP) is 2.47. The van der Waals surface area contributed by atoms with Crippen molar-refractivity contribution < 1.29 is 0 Å². The molecule has 2 unspecified atom stereocenters. The van der Waals surface area contributed by atoms with Crippen LogP contribution < -0.4 is 5.32 Å². The van der Waals surface area contributed by atoms with E-state index in [1.54, 1.807) is 0 Å². The van der Waals surface area contributed by atoms with Gasteiger partial charge in [-0.05, 0) is 43.4 Å². The van der Waals surface area contributed by atoms with Gasteiger partial charge in [0, 0.05) is 43.4 Å². The molecule has 0 aromatic carbocycles. The van der Waals surface area contributed by atoms with Crippen LogP contribution in [0.4, 0.5) is 0 Å². The van der Waals surface area contributed by atoms with Crippen LogP contribution in [0.2, 0.25) is 0 Å². The second kappa shape index (κ2) is 5.53. The molecule has 2 atom stereocenters. The van der Waals surface area contributed by atoms with Gasteiger partial charge in [-0.25, -0.2) is 4.98 Å². The van der Waals surface area contributed by atoms with E-state index in [9.17, 15) is 0 Å². The molecule has 4 heteroatoms. The summed E-state index contributed by atoms with van der Waals surface area (Å²) in [6, 6.07) is 3.15. The van der Waals surface area contributed by atoms with E-state index in [0.29, 0.717) is 12.1 Å². The minimum Gasteiger partial charge on any atom is -0.333 e. The molecular formula is C15H20N4. The molecule has 1 saturated carbocycles. The van der Waals surface area contributed by atoms with Crippen LogP contribution >= 0.6 is 0 Å². The molecule has 1 N–H and O–H groups in total. The van der Waals surface area contributed by atoms with Crippen LogP contribution in [0.15, 0.2) is 37.2 Å². The average Bonchev–Trinajstić information content (AvgIpc) is 3.08. The molecule has 0 aliphatic heterocycles. The largest absolute Gasteiger partial charge is 0.333 e. The Bertz CT molecular complexity index is 521. The molecule has 2 aromatic heterocycles. The lowest BCUT2D eigenvalue weighted by Gasteiger charge is -2.22. The molecule has 4 nitrogen and oxygen atoms in total. The second-order valence-electron chi connectivity index (χ2n) is 5.30. The van der Waals surface area contributed by atoms with E-state index in [2.05, 4.69) is 39.0 Å². The highest BCUT2D eigenvalue weighted by molar-refractivity contribution is 5.21. The normalized spacial score (nSPS) is 22.8. The van der Waals surface area contributed by atoms with Gasteiger partial charge in [0.15, 0.2) is 0 Å². The summed E-state index contributed by atoms with van der Waals surface area (Å²) < 4.78 is 2.24. The lowest BCUT2D eigenvalue weighted by Crippen LogP contribution is -2.33. The molecule has 0 spiro atoms. The van der Waals surface area contributed by atoms with E-state index < -0.39 is 0 Å². The van der Waals surface area contributed by atoms with Crippen LogP contribution in [0.3, 0.4) is 0 Å². The van der Waals surface area contributed by atoms with E-state index in [1.807, 2.05) is 24.9 Å². The highest BCUT2D eigenvalue weighted by atomic mass is 15.1. The second-order valence-corrected chi connectivity index (χ2v) is 5.30. The number of nitrogens with zero attached hydrogens (tertiary/aromatic N) is 3. The third-order valence-electron chi connectivity index (χ3n) is 4.09. The highest BCUT2D eigenvalue weighted by Crippen LogP contribution is 2.30. The summed E-state index contributed by atoms with van der Waals surface area (Å²) in [5.74, 6) is 0. The first-order chi connectivity index (χ1) is 9.34. The van der Waals surface area contributed by atoms with Gasteiger partial charge in [0.05, 0.1) is 6.33 Å². The third kappa shape index (κ3) is 2.68. The minimum absolute atomic E-state index is 0.536. The Balaban J connectivity index is 1.65. The van der Waals surface area contributed by atoms with Crippen molar-refractivity contribution >= 4 is 0 Å². The Kier molecular flexibility index (Phi) is 3.60. The number of imidazole rings is 1. The summed E-state index contributed by atoms with van der Waals surface area (Å²) >= 11 is 0. The summed E-state index contributed by atoms with van der Waals surface area (Å²) in [5, 5.41) is 3.69. The minimum atomic E-state index is 0.536. The van der Waals surface area contributed by atoms with Crippen molar-refractivity contribution in [2.75, 3.05) is 0 Å². The van der Waals surface area contributed by atoms with E-state index in [4.69, 9.17) is 0 Å². The molecule has 2 aromatic rings. The van der Waals surface area contributed by atoms with Crippen LogP contribution in [0, 0.1) is 6.92 Å². The van der Waals surface area contributed by atoms with Crippen LogP contribution in [0.1, 0.15) is 36.4 Å². The maximum Gasteiger partial charge on any atom is 0.0949 e. The first-order valence-corrected chi connectivity index (χ1v) is 6.95. The molecule has 1 fully saturated rings. The standard InChI is InChI=1S/C15H20N4/c1-12-5-6-16-9-13(12)10-18-14-3-2-4-15(14)19-8-7-17-11-19/h5-9,11,14-15,18H,2-4,10H2,1H3. The molecule has 1 aliphatic rings. The first-order valence-electron chi connectivity index (χ1n) is 6.95. The van der Waals surface area contributed by atoms with Crippen LogP contribution in [0.5, 0.6) is 0 Å². The summed E-state index contributed by atoms with van der Waals surface area (Å²) in [5.41, 5.74) is 2.60. The molecular weight excluding hydrogens is 236 g/mol. The molecule has 0 saturated heterocycles. The van der Waals surface area contributed by atoms with Gasteiger partial charge >= 0.3 is 0 Å². The Morgan fingerprint density at radius 3 is 3.05 bits per heavy atom. The van der Waals surface area contributed by atoms with Crippen LogP contribution in [0.25, 0.3) is 0 Å². The van der Waals surface area contributed by atoms with Gasteiger partial charge < -0.3 is 9.88 Å². The van der Waals surface area contributed by atoms with E-state index in [1.165, 1.54) is 30.4 Å². The third-order valence-corrected chi connectivity index (χ3v) is 4.09. The summed E-state index contributed by atoms with van der Waals surface area (Å²) in [6.07, 6.45) is 13.4. The Morgan fingerprint density at radius 2 is 2.26 bits per heavy atom. The smallest absolute Gasteiger partial charge is 0.0949 e. The SMILES string of the molecule is Cc1ccncc1CNC1CCCC1n1ccnc1. The van der Waals surface area contributed by atoms with Gasteiger partial charge in [0.2, 0.25) is 0 Å². The monoisotopic (exact) mass is 256 g/mol. The zero-order chi connectivity index (χ0) is 13.1. The summed E-state index contributed by atoms with van der Waals surface area (Å²) in [7, 11) is 0. The first kappa shape index (κ1) is 12.4. The maximum atomic E-state index is 4.20. The van der Waals surface area contributed by atoms with Crippen molar-refractivity contribution in [3.05, 3.63) is 48.3 Å².